The van der Waals surface area contributed by atoms with E-state index >= 15 is 0 Å². The number of anilines is 1. The molecule has 0 atom stereocenters. The Labute approximate surface area is 125 Å². The highest BCUT2D eigenvalue weighted by Gasteiger charge is 2.10. The molecule has 2 aromatic rings. The van der Waals surface area contributed by atoms with Crippen LogP contribution in [-0.2, 0) is 0 Å². The van der Waals surface area contributed by atoms with E-state index in [1.165, 1.54) is 6.07 Å². The van der Waals surface area contributed by atoms with Gasteiger partial charge in [-0.1, -0.05) is 17.2 Å². The van der Waals surface area contributed by atoms with E-state index in [1.54, 1.807) is 24.3 Å². The maximum atomic E-state index is 13.7. The molecule has 19 heavy (non-hydrogen) atoms. The summed E-state index contributed by atoms with van der Waals surface area (Å²) in [5.41, 5.74) is 2.75. The fourth-order valence-electron chi connectivity index (χ4n) is 1.89. The molecule has 0 saturated carbocycles. The molecule has 0 unspecified atom stereocenters. The Kier molecular flexibility index (Phi) is 4.19. The van der Waals surface area contributed by atoms with Crippen LogP contribution >= 0.6 is 22.6 Å². The summed E-state index contributed by atoms with van der Waals surface area (Å²) in [6.07, 6.45) is 0. The van der Waals surface area contributed by atoms with Gasteiger partial charge in [-0.05, 0) is 66.8 Å². The lowest BCUT2D eigenvalue weighted by atomic mass is 10.1. The summed E-state index contributed by atoms with van der Waals surface area (Å²) < 4.78 is 14.5. The molecular formula is C15H13FINO. The maximum Gasteiger partial charge on any atom is 0.255 e. The zero-order valence-electron chi connectivity index (χ0n) is 10.6. The van der Waals surface area contributed by atoms with E-state index in [2.05, 4.69) is 5.32 Å². The van der Waals surface area contributed by atoms with Crippen molar-refractivity contribution in [3.8, 4) is 0 Å². The minimum Gasteiger partial charge on any atom is -0.319 e. The molecule has 0 aliphatic rings. The van der Waals surface area contributed by atoms with E-state index in [1.807, 2.05) is 42.5 Å². The van der Waals surface area contributed by atoms with Crippen LogP contribution in [-0.4, -0.2) is 5.91 Å². The fraction of sp³-hybridized carbons (Fsp3) is 0.133. The van der Waals surface area contributed by atoms with Gasteiger partial charge in [-0.15, -0.1) is 0 Å². The van der Waals surface area contributed by atoms with Gasteiger partial charge < -0.3 is 5.32 Å². The average Bonchev–Trinajstić information content (AvgIpc) is 2.31. The zero-order chi connectivity index (χ0) is 14.0. The quantitative estimate of drug-likeness (QED) is 0.786. The number of carbonyl (C=O) groups is 1. The number of carbonyl (C=O) groups excluding carboxylic acids is 1. The third kappa shape index (κ3) is 3.53. The number of benzene rings is 2. The van der Waals surface area contributed by atoms with Gasteiger partial charge in [-0.25, -0.2) is 4.39 Å². The lowest BCUT2D eigenvalue weighted by Crippen LogP contribution is -2.13. The Morgan fingerprint density at radius 2 is 1.74 bits per heavy atom. The van der Waals surface area contributed by atoms with Crippen LogP contribution in [0.4, 0.5) is 10.1 Å². The summed E-state index contributed by atoms with van der Waals surface area (Å²) in [4.78, 5) is 12.1. The van der Waals surface area contributed by atoms with Crippen LogP contribution in [0.1, 0.15) is 21.5 Å². The minimum atomic E-state index is -0.426. The largest absolute Gasteiger partial charge is 0.319 e. The van der Waals surface area contributed by atoms with Crippen LogP contribution < -0.4 is 5.32 Å². The third-order valence-electron chi connectivity index (χ3n) is 2.66. The molecule has 98 valence electrons. The molecule has 4 heteroatoms. The molecule has 1 N–H and O–H groups in total. The van der Waals surface area contributed by atoms with Crippen LogP contribution in [0, 0.1) is 23.2 Å². The van der Waals surface area contributed by atoms with E-state index in [9.17, 15) is 9.18 Å². The first kappa shape index (κ1) is 14.0. The second-order valence-electron chi connectivity index (χ2n) is 4.45. The van der Waals surface area contributed by atoms with E-state index < -0.39 is 5.82 Å². The van der Waals surface area contributed by atoms with Crippen molar-refractivity contribution < 1.29 is 9.18 Å². The Hall–Kier alpha value is -1.43. The van der Waals surface area contributed by atoms with Gasteiger partial charge in [0.25, 0.3) is 5.91 Å². The van der Waals surface area contributed by atoms with Crippen LogP contribution in [0.3, 0.4) is 0 Å². The molecule has 0 saturated heterocycles. The number of rotatable bonds is 2. The van der Waals surface area contributed by atoms with Crippen LogP contribution in [0.2, 0.25) is 0 Å². The monoisotopic (exact) mass is 369 g/mol. The highest BCUT2D eigenvalue weighted by atomic mass is 127. The van der Waals surface area contributed by atoms with Crippen molar-refractivity contribution in [1.82, 2.24) is 0 Å². The highest BCUT2D eigenvalue weighted by Crippen LogP contribution is 2.18. The lowest BCUT2D eigenvalue weighted by molar-refractivity contribution is 0.102. The van der Waals surface area contributed by atoms with Gasteiger partial charge in [0.15, 0.2) is 0 Å². The Balaban J connectivity index is 2.25. The van der Waals surface area contributed by atoms with Crippen molar-refractivity contribution in [1.29, 1.82) is 0 Å². The van der Waals surface area contributed by atoms with Crippen molar-refractivity contribution >= 4 is 34.2 Å². The predicted molar refractivity (Wildman–Crippen MR) is 83.0 cm³/mol. The van der Waals surface area contributed by atoms with Crippen LogP contribution in [0.5, 0.6) is 0 Å². The lowest BCUT2D eigenvalue weighted by Gasteiger charge is -2.08. The summed E-state index contributed by atoms with van der Waals surface area (Å²) in [7, 11) is 0. The van der Waals surface area contributed by atoms with Gasteiger partial charge >= 0.3 is 0 Å². The maximum absolute atomic E-state index is 13.7. The van der Waals surface area contributed by atoms with Crippen molar-refractivity contribution in [3.05, 3.63) is 62.5 Å². The summed E-state index contributed by atoms with van der Waals surface area (Å²) >= 11 is 2.02. The summed E-state index contributed by atoms with van der Waals surface area (Å²) in [6.45, 7) is 3.85. The molecule has 1 amide bonds. The molecule has 0 fully saturated rings. The molecule has 0 bridgehead atoms. The van der Waals surface area contributed by atoms with Gasteiger partial charge in [0.2, 0.25) is 0 Å². The van der Waals surface area contributed by atoms with E-state index in [0.717, 1.165) is 14.7 Å². The number of hydrogen-bond acceptors (Lipinski definition) is 1. The number of hydrogen-bond donors (Lipinski definition) is 1. The van der Waals surface area contributed by atoms with Gasteiger partial charge in [0.1, 0.15) is 5.82 Å². The number of amides is 1. The van der Waals surface area contributed by atoms with Crippen molar-refractivity contribution in [2.45, 2.75) is 13.8 Å². The van der Waals surface area contributed by atoms with Gasteiger partial charge in [0.05, 0.1) is 5.69 Å². The standard InChI is InChI=1S/C15H13FINO/c1-9-5-10(2)7-11(6-9)15(19)18-14-4-3-12(17)8-13(14)16/h3-8H,1-2H3,(H,18,19). The molecule has 0 aliphatic carbocycles. The highest BCUT2D eigenvalue weighted by molar-refractivity contribution is 14.1. The molecule has 0 spiro atoms. The molecule has 2 rings (SSSR count). The number of nitrogens with one attached hydrogen (secondary N) is 1. The van der Waals surface area contributed by atoms with Gasteiger partial charge in [-0.3, -0.25) is 4.79 Å². The summed E-state index contributed by atoms with van der Waals surface area (Å²) in [5, 5.41) is 2.59. The van der Waals surface area contributed by atoms with Crippen LogP contribution in [0.25, 0.3) is 0 Å². The number of aryl methyl sites for hydroxylation is 2. The Bertz CT molecular complexity index is 620. The van der Waals surface area contributed by atoms with E-state index in [4.69, 9.17) is 0 Å². The van der Waals surface area contributed by atoms with E-state index in [0.29, 0.717) is 5.56 Å². The third-order valence-corrected chi connectivity index (χ3v) is 3.33. The Morgan fingerprint density at radius 1 is 1.11 bits per heavy atom. The van der Waals surface area contributed by atoms with E-state index in [-0.39, 0.29) is 11.6 Å². The molecule has 0 heterocycles. The zero-order valence-corrected chi connectivity index (χ0v) is 12.8. The second kappa shape index (κ2) is 5.69. The second-order valence-corrected chi connectivity index (χ2v) is 5.70. The van der Waals surface area contributed by atoms with Crippen molar-refractivity contribution in [3.63, 3.8) is 0 Å². The van der Waals surface area contributed by atoms with Gasteiger partial charge in [0, 0.05) is 9.13 Å². The first-order chi connectivity index (χ1) is 8.95. The summed E-state index contributed by atoms with van der Waals surface area (Å²) in [5.74, 6) is -0.725. The fourth-order valence-corrected chi connectivity index (χ4v) is 2.34. The Morgan fingerprint density at radius 3 is 2.32 bits per heavy atom. The molecule has 0 radical (unpaired) electrons. The first-order valence-electron chi connectivity index (χ1n) is 5.80. The predicted octanol–water partition coefficient (Wildman–Crippen LogP) is 4.30. The SMILES string of the molecule is Cc1cc(C)cc(C(=O)Nc2ccc(I)cc2F)c1. The van der Waals surface area contributed by atoms with Crippen LogP contribution in [0.15, 0.2) is 36.4 Å². The first-order valence-corrected chi connectivity index (χ1v) is 6.88. The van der Waals surface area contributed by atoms with Gasteiger partial charge in [-0.2, -0.15) is 0 Å². The minimum absolute atomic E-state index is 0.199. The molecule has 0 aromatic heterocycles. The molecular weight excluding hydrogens is 356 g/mol. The topological polar surface area (TPSA) is 29.1 Å². The van der Waals surface area contributed by atoms with Crippen molar-refractivity contribution in [2.24, 2.45) is 0 Å². The number of halogens is 2. The molecule has 2 nitrogen and oxygen atoms in total. The normalized spacial score (nSPS) is 10.3. The smallest absolute Gasteiger partial charge is 0.255 e. The molecule has 0 aliphatic heterocycles. The molecule has 2 aromatic carbocycles. The average molecular weight is 369 g/mol. The van der Waals surface area contributed by atoms with Crippen molar-refractivity contribution in [2.75, 3.05) is 5.32 Å². The summed E-state index contributed by atoms with van der Waals surface area (Å²) in [6, 6.07) is 10.3.